The van der Waals surface area contributed by atoms with Gasteiger partial charge < -0.3 is 5.32 Å². The van der Waals surface area contributed by atoms with Gasteiger partial charge in [0, 0.05) is 5.39 Å². The molecule has 0 spiro atoms. The van der Waals surface area contributed by atoms with Gasteiger partial charge >= 0.3 is 0 Å². The summed E-state index contributed by atoms with van der Waals surface area (Å²) in [5, 5.41) is 5.17. The number of benzene rings is 2. The molecule has 1 amide bonds. The number of para-hydroxylation sites is 1. The van der Waals surface area contributed by atoms with Crippen molar-refractivity contribution >= 4 is 28.6 Å². The molecule has 3 aromatic rings. The molecule has 3 nitrogen and oxygen atoms in total. The number of pyridine rings is 1. The van der Waals surface area contributed by atoms with E-state index in [0.29, 0.717) is 11.7 Å². The maximum Gasteiger partial charge on any atom is 0.230 e. The third-order valence-electron chi connectivity index (χ3n) is 5.08. The molecule has 0 aliphatic heterocycles. The fraction of sp³-hybridized carbons (Fsp3) is 0.360. The Morgan fingerprint density at radius 1 is 1.03 bits per heavy atom. The Hall–Kier alpha value is -2.33. The number of aryl methyl sites for hydroxylation is 2. The van der Waals surface area contributed by atoms with Gasteiger partial charge in [-0.3, -0.25) is 4.79 Å². The Kier molecular flexibility index (Phi) is 6.96. The molecule has 0 aliphatic rings. The lowest BCUT2D eigenvalue weighted by Crippen LogP contribution is -2.28. The monoisotopic (exact) mass is 406 g/mol. The molecule has 1 atom stereocenters. The summed E-state index contributed by atoms with van der Waals surface area (Å²) in [4.78, 5) is 17.2. The zero-order valence-corrected chi connectivity index (χ0v) is 18.8. The van der Waals surface area contributed by atoms with Crippen LogP contribution in [0.15, 0.2) is 53.6 Å². The van der Waals surface area contributed by atoms with Crippen LogP contribution in [-0.4, -0.2) is 16.6 Å². The number of carbonyl (C=O) groups excluding carboxylic acids is 1. The minimum Gasteiger partial charge on any atom is -0.349 e. The number of carbonyl (C=O) groups is 1. The van der Waals surface area contributed by atoms with Crippen LogP contribution in [0.1, 0.15) is 49.1 Å². The van der Waals surface area contributed by atoms with E-state index in [1.54, 1.807) is 0 Å². The predicted molar refractivity (Wildman–Crippen MR) is 123 cm³/mol. The van der Waals surface area contributed by atoms with E-state index in [1.807, 2.05) is 6.92 Å². The summed E-state index contributed by atoms with van der Waals surface area (Å²) in [6.07, 6.45) is 1.08. The molecular weight excluding hydrogens is 376 g/mol. The first-order chi connectivity index (χ1) is 13.8. The number of amides is 1. The van der Waals surface area contributed by atoms with Crippen molar-refractivity contribution in [3.8, 4) is 0 Å². The van der Waals surface area contributed by atoms with Gasteiger partial charge in [-0.2, -0.15) is 0 Å². The second-order valence-electron chi connectivity index (χ2n) is 8.17. The molecule has 0 fully saturated rings. The van der Waals surface area contributed by atoms with Crippen molar-refractivity contribution in [3.05, 3.63) is 70.8 Å². The van der Waals surface area contributed by atoms with Gasteiger partial charge in [0.15, 0.2) is 0 Å². The summed E-state index contributed by atoms with van der Waals surface area (Å²) in [6, 6.07) is 16.8. The highest BCUT2D eigenvalue weighted by molar-refractivity contribution is 7.99. The molecule has 0 unspecified atom stereocenters. The number of nitrogens with one attached hydrogen (secondary N) is 1. The molecule has 29 heavy (non-hydrogen) atoms. The van der Waals surface area contributed by atoms with Crippen molar-refractivity contribution in [3.63, 3.8) is 0 Å². The highest BCUT2D eigenvalue weighted by atomic mass is 32.2. The van der Waals surface area contributed by atoms with Crippen molar-refractivity contribution in [1.29, 1.82) is 0 Å². The van der Waals surface area contributed by atoms with E-state index in [4.69, 9.17) is 4.98 Å². The molecule has 0 bridgehead atoms. The van der Waals surface area contributed by atoms with E-state index in [1.165, 1.54) is 28.3 Å². The summed E-state index contributed by atoms with van der Waals surface area (Å²) in [6.45, 7) is 10.6. The fourth-order valence-electron chi connectivity index (χ4n) is 3.52. The Morgan fingerprint density at radius 2 is 1.76 bits per heavy atom. The van der Waals surface area contributed by atoms with Crippen LogP contribution < -0.4 is 5.32 Å². The van der Waals surface area contributed by atoms with Gasteiger partial charge in [-0.25, -0.2) is 4.98 Å². The summed E-state index contributed by atoms with van der Waals surface area (Å²) in [7, 11) is 0. The van der Waals surface area contributed by atoms with Crippen molar-refractivity contribution < 1.29 is 4.79 Å². The molecule has 0 saturated carbocycles. The smallest absolute Gasteiger partial charge is 0.230 e. The number of aromatic nitrogens is 1. The summed E-state index contributed by atoms with van der Waals surface area (Å²) < 4.78 is 0. The van der Waals surface area contributed by atoms with Crippen LogP contribution in [0.25, 0.3) is 10.9 Å². The van der Waals surface area contributed by atoms with E-state index in [9.17, 15) is 4.79 Å². The molecule has 0 aliphatic carbocycles. The van der Waals surface area contributed by atoms with Crippen LogP contribution in [0.5, 0.6) is 0 Å². The number of rotatable bonds is 7. The fourth-order valence-corrected chi connectivity index (χ4v) is 4.30. The van der Waals surface area contributed by atoms with E-state index < -0.39 is 0 Å². The Labute approximate surface area is 178 Å². The molecule has 2 aromatic carbocycles. The number of hydrogen-bond donors (Lipinski definition) is 1. The lowest BCUT2D eigenvalue weighted by atomic mass is 10.00. The van der Waals surface area contributed by atoms with Crippen LogP contribution in [-0.2, 0) is 11.2 Å². The van der Waals surface area contributed by atoms with Crippen molar-refractivity contribution in [2.24, 2.45) is 5.92 Å². The topological polar surface area (TPSA) is 42.0 Å². The Morgan fingerprint density at radius 3 is 2.45 bits per heavy atom. The maximum atomic E-state index is 12.5. The highest BCUT2D eigenvalue weighted by Crippen LogP contribution is 2.25. The quantitative estimate of drug-likeness (QED) is 0.488. The summed E-state index contributed by atoms with van der Waals surface area (Å²) in [5.41, 5.74) is 5.84. The first kappa shape index (κ1) is 21.4. The SMILES string of the molecule is Cc1cc(SCC(=O)N[C@H](C)c2ccc(CC(C)C)cc2)nc2c(C)cccc12. The molecule has 1 N–H and O–H groups in total. The Bertz CT molecular complexity index is 996. The second-order valence-corrected chi connectivity index (χ2v) is 9.16. The number of thioether (sulfide) groups is 1. The molecule has 1 aromatic heterocycles. The lowest BCUT2D eigenvalue weighted by molar-refractivity contribution is -0.119. The van der Waals surface area contributed by atoms with Gasteiger partial charge in [0.1, 0.15) is 0 Å². The molecular formula is C25H30N2OS. The number of nitrogens with zero attached hydrogens (tertiary/aromatic N) is 1. The Balaban J connectivity index is 1.59. The average molecular weight is 407 g/mol. The molecule has 152 valence electrons. The minimum absolute atomic E-state index is 0.00950. The highest BCUT2D eigenvalue weighted by Gasteiger charge is 2.12. The van der Waals surface area contributed by atoms with Crippen LogP contribution >= 0.6 is 11.8 Å². The maximum absolute atomic E-state index is 12.5. The van der Waals surface area contributed by atoms with E-state index >= 15 is 0 Å². The first-order valence-electron chi connectivity index (χ1n) is 10.2. The summed E-state index contributed by atoms with van der Waals surface area (Å²) in [5.74, 6) is 1.03. The van der Waals surface area contributed by atoms with Gasteiger partial charge in [-0.05, 0) is 61.4 Å². The van der Waals surface area contributed by atoms with Gasteiger partial charge in [0.25, 0.3) is 0 Å². The molecule has 1 heterocycles. The van der Waals surface area contributed by atoms with Gasteiger partial charge in [-0.1, -0.05) is 68.1 Å². The molecule has 0 radical (unpaired) electrons. The number of hydrogen-bond acceptors (Lipinski definition) is 3. The second kappa shape index (κ2) is 9.45. The van der Waals surface area contributed by atoms with E-state index in [0.717, 1.165) is 28.1 Å². The molecule has 0 saturated heterocycles. The van der Waals surface area contributed by atoms with Gasteiger partial charge in [0.05, 0.1) is 22.3 Å². The van der Waals surface area contributed by atoms with Crippen molar-refractivity contribution in [2.45, 2.75) is 52.1 Å². The third-order valence-corrected chi connectivity index (χ3v) is 5.99. The average Bonchev–Trinajstić information content (AvgIpc) is 2.67. The normalized spacial score (nSPS) is 12.3. The minimum atomic E-state index is -0.00950. The zero-order chi connectivity index (χ0) is 21.0. The zero-order valence-electron chi connectivity index (χ0n) is 18.0. The van der Waals surface area contributed by atoms with Crippen LogP contribution in [0.4, 0.5) is 0 Å². The van der Waals surface area contributed by atoms with Crippen LogP contribution in [0.3, 0.4) is 0 Å². The summed E-state index contributed by atoms with van der Waals surface area (Å²) >= 11 is 1.49. The standard InChI is InChI=1S/C25H30N2OS/c1-16(2)13-20-9-11-21(12-10-20)19(5)26-23(28)15-29-24-14-18(4)22-8-6-7-17(3)25(22)27-24/h6-12,14,16,19H,13,15H2,1-5H3,(H,26,28)/t19-/m1/s1. The molecule has 3 rings (SSSR count). The van der Waals surface area contributed by atoms with Gasteiger partial charge in [0.2, 0.25) is 5.91 Å². The van der Waals surface area contributed by atoms with Crippen molar-refractivity contribution in [2.75, 3.05) is 5.75 Å². The lowest BCUT2D eigenvalue weighted by Gasteiger charge is -2.15. The first-order valence-corrected chi connectivity index (χ1v) is 11.2. The van der Waals surface area contributed by atoms with E-state index in [2.05, 4.69) is 81.5 Å². The van der Waals surface area contributed by atoms with Crippen molar-refractivity contribution in [1.82, 2.24) is 10.3 Å². The van der Waals surface area contributed by atoms with E-state index in [-0.39, 0.29) is 11.9 Å². The van der Waals surface area contributed by atoms with Gasteiger partial charge in [-0.15, -0.1) is 0 Å². The third kappa shape index (κ3) is 5.60. The van der Waals surface area contributed by atoms with Crippen LogP contribution in [0, 0.1) is 19.8 Å². The predicted octanol–water partition coefficient (Wildman–Crippen LogP) is 6.02. The molecule has 4 heteroatoms. The number of fused-ring (bicyclic) bond motifs is 1. The van der Waals surface area contributed by atoms with Crippen LogP contribution in [0.2, 0.25) is 0 Å². The largest absolute Gasteiger partial charge is 0.349 e.